The first-order valence-electron chi connectivity index (χ1n) is 5.36. The quantitative estimate of drug-likeness (QED) is 0.926. The fourth-order valence-electron chi connectivity index (χ4n) is 1.76. The van der Waals surface area contributed by atoms with Gasteiger partial charge in [-0.2, -0.15) is 0 Å². The lowest BCUT2D eigenvalue weighted by Crippen LogP contribution is -2.19. The molecule has 0 aliphatic rings. The molecule has 0 bridgehead atoms. The maximum atomic E-state index is 12.9. The van der Waals surface area contributed by atoms with E-state index in [1.165, 1.54) is 12.3 Å². The second kappa shape index (κ2) is 5.65. The molecular formula is C13H11Cl2FN2. The van der Waals surface area contributed by atoms with Crippen LogP contribution in [-0.2, 0) is 0 Å². The summed E-state index contributed by atoms with van der Waals surface area (Å²) in [6.45, 7) is 0. The van der Waals surface area contributed by atoms with Crippen molar-refractivity contribution in [2.75, 3.05) is 7.05 Å². The van der Waals surface area contributed by atoms with Gasteiger partial charge in [-0.25, -0.2) is 4.39 Å². The maximum absolute atomic E-state index is 12.9. The molecule has 0 saturated carbocycles. The topological polar surface area (TPSA) is 24.9 Å². The molecule has 1 N–H and O–H groups in total. The van der Waals surface area contributed by atoms with E-state index < -0.39 is 0 Å². The number of halogens is 3. The van der Waals surface area contributed by atoms with E-state index in [0.717, 1.165) is 5.56 Å². The van der Waals surface area contributed by atoms with Gasteiger partial charge in [0, 0.05) is 0 Å². The molecule has 0 aliphatic heterocycles. The van der Waals surface area contributed by atoms with E-state index in [2.05, 4.69) is 10.3 Å². The first-order valence-corrected chi connectivity index (χ1v) is 6.11. The molecule has 1 atom stereocenters. The Bertz CT molecular complexity index is 543. The van der Waals surface area contributed by atoms with Crippen LogP contribution >= 0.6 is 23.2 Å². The van der Waals surface area contributed by atoms with Gasteiger partial charge in [0.25, 0.3) is 0 Å². The Labute approximate surface area is 115 Å². The fourth-order valence-corrected chi connectivity index (χ4v) is 2.18. The highest BCUT2D eigenvalue weighted by atomic mass is 35.5. The number of pyridine rings is 1. The lowest BCUT2D eigenvalue weighted by molar-refractivity contribution is 0.610. The Hall–Kier alpha value is -1.16. The van der Waals surface area contributed by atoms with Crippen molar-refractivity contribution < 1.29 is 4.39 Å². The molecule has 2 aromatic rings. The summed E-state index contributed by atoms with van der Waals surface area (Å²) in [4.78, 5) is 4.06. The van der Waals surface area contributed by atoms with Crippen LogP contribution < -0.4 is 5.32 Å². The second-order valence-corrected chi connectivity index (χ2v) is 4.55. The third kappa shape index (κ3) is 2.64. The van der Waals surface area contributed by atoms with Crippen LogP contribution in [0.15, 0.2) is 36.5 Å². The molecule has 94 valence electrons. The third-order valence-electron chi connectivity index (χ3n) is 2.63. The van der Waals surface area contributed by atoms with E-state index in [1.807, 2.05) is 12.1 Å². The molecule has 0 fully saturated rings. The minimum atomic E-state index is -0.370. The minimum Gasteiger partial charge on any atom is -0.308 e. The standard InChI is InChI=1S/C13H11Cl2FN2/c1-17-13(11-6-5-8(16)7-18-11)9-3-2-4-10(14)12(9)15/h2-7,13,17H,1H3. The van der Waals surface area contributed by atoms with Gasteiger partial charge >= 0.3 is 0 Å². The van der Waals surface area contributed by atoms with E-state index in [1.54, 1.807) is 19.2 Å². The van der Waals surface area contributed by atoms with Gasteiger partial charge in [-0.1, -0.05) is 35.3 Å². The van der Waals surface area contributed by atoms with Crippen molar-refractivity contribution in [3.8, 4) is 0 Å². The van der Waals surface area contributed by atoms with Gasteiger partial charge < -0.3 is 5.32 Å². The molecule has 2 nitrogen and oxygen atoms in total. The number of hydrogen-bond acceptors (Lipinski definition) is 2. The van der Waals surface area contributed by atoms with Crippen molar-refractivity contribution >= 4 is 23.2 Å². The van der Waals surface area contributed by atoms with Crippen LogP contribution in [0.5, 0.6) is 0 Å². The molecule has 1 aromatic heterocycles. The number of aromatic nitrogens is 1. The van der Waals surface area contributed by atoms with Gasteiger partial charge in [0.2, 0.25) is 0 Å². The predicted molar refractivity (Wildman–Crippen MR) is 71.6 cm³/mol. The molecule has 5 heteroatoms. The number of nitrogens with one attached hydrogen (secondary N) is 1. The van der Waals surface area contributed by atoms with Crippen molar-refractivity contribution in [2.24, 2.45) is 0 Å². The lowest BCUT2D eigenvalue weighted by Gasteiger charge is -2.18. The largest absolute Gasteiger partial charge is 0.308 e. The highest BCUT2D eigenvalue weighted by Gasteiger charge is 2.17. The van der Waals surface area contributed by atoms with Crippen molar-refractivity contribution in [3.63, 3.8) is 0 Å². The van der Waals surface area contributed by atoms with Crippen LogP contribution in [0.25, 0.3) is 0 Å². The Kier molecular flexibility index (Phi) is 4.17. The summed E-state index contributed by atoms with van der Waals surface area (Å²) in [5.41, 5.74) is 1.49. The third-order valence-corrected chi connectivity index (χ3v) is 3.46. The number of benzene rings is 1. The molecule has 1 heterocycles. The first kappa shape index (κ1) is 13.3. The smallest absolute Gasteiger partial charge is 0.141 e. The summed E-state index contributed by atoms with van der Waals surface area (Å²) in [5, 5.41) is 4.05. The van der Waals surface area contributed by atoms with Gasteiger partial charge in [-0.05, 0) is 30.8 Å². The summed E-state index contributed by atoms with van der Waals surface area (Å²) >= 11 is 12.2. The summed E-state index contributed by atoms with van der Waals surface area (Å²) < 4.78 is 12.9. The van der Waals surface area contributed by atoms with Gasteiger partial charge in [0.15, 0.2) is 0 Å². The predicted octanol–water partition coefficient (Wildman–Crippen LogP) is 3.84. The molecule has 1 aromatic carbocycles. The van der Waals surface area contributed by atoms with E-state index in [4.69, 9.17) is 23.2 Å². The number of hydrogen-bond donors (Lipinski definition) is 1. The van der Waals surface area contributed by atoms with Crippen molar-refractivity contribution in [3.05, 3.63) is 63.6 Å². The van der Waals surface area contributed by atoms with E-state index in [9.17, 15) is 4.39 Å². The molecule has 0 saturated heterocycles. The van der Waals surface area contributed by atoms with Crippen LogP contribution in [0, 0.1) is 5.82 Å². The summed E-state index contributed by atoms with van der Waals surface area (Å²) in [7, 11) is 1.78. The van der Waals surface area contributed by atoms with Crippen LogP contribution in [0.3, 0.4) is 0 Å². The normalized spacial score (nSPS) is 12.4. The number of nitrogens with zero attached hydrogens (tertiary/aromatic N) is 1. The Morgan fingerprint density at radius 2 is 2.00 bits per heavy atom. The molecule has 1 unspecified atom stereocenters. The van der Waals surface area contributed by atoms with Crippen LogP contribution in [0.4, 0.5) is 4.39 Å². The fraction of sp³-hybridized carbons (Fsp3) is 0.154. The summed E-state index contributed by atoms with van der Waals surface area (Å²) in [6, 6.07) is 8.16. The molecule has 18 heavy (non-hydrogen) atoms. The monoisotopic (exact) mass is 284 g/mol. The molecular weight excluding hydrogens is 274 g/mol. The maximum Gasteiger partial charge on any atom is 0.141 e. The van der Waals surface area contributed by atoms with Gasteiger partial charge in [0.1, 0.15) is 5.82 Å². The molecule has 0 aliphatic carbocycles. The first-order chi connectivity index (χ1) is 8.63. The average Bonchev–Trinajstić information content (AvgIpc) is 2.37. The second-order valence-electron chi connectivity index (χ2n) is 3.77. The van der Waals surface area contributed by atoms with E-state index in [0.29, 0.717) is 15.7 Å². The molecule has 2 rings (SSSR count). The molecule has 0 amide bonds. The Balaban J connectivity index is 2.45. The van der Waals surface area contributed by atoms with Crippen LogP contribution in [0.1, 0.15) is 17.3 Å². The van der Waals surface area contributed by atoms with Crippen LogP contribution in [-0.4, -0.2) is 12.0 Å². The van der Waals surface area contributed by atoms with Gasteiger partial charge in [-0.3, -0.25) is 4.98 Å². The molecule has 0 radical (unpaired) electrons. The van der Waals surface area contributed by atoms with Crippen molar-refractivity contribution in [1.82, 2.24) is 10.3 Å². The summed E-state index contributed by atoms with van der Waals surface area (Å²) in [5.74, 6) is -0.370. The zero-order valence-corrected chi connectivity index (χ0v) is 11.1. The number of rotatable bonds is 3. The SMILES string of the molecule is CNC(c1ccc(F)cn1)c1cccc(Cl)c1Cl. The van der Waals surface area contributed by atoms with Gasteiger partial charge in [-0.15, -0.1) is 0 Å². The van der Waals surface area contributed by atoms with E-state index in [-0.39, 0.29) is 11.9 Å². The van der Waals surface area contributed by atoms with Crippen LogP contribution in [0.2, 0.25) is 10.0 Å². The van der Waals surface area contributed by atoms with Crippen molar-refractivity contribution in [1.29, 1.82) is 0 Å². The highest BCUT2D eigenvalue weighted by Crippen LogP contribution is 2.32. The molecule has 0 spiro atoms. The summed E-state index contributed by atoms with van der Waals surface area (Å²) in [6.07, 6.45) is 1.18. The zero-order valence-electron chi connectivity index (χ0n) is 9.62. The highest BCUT2D eigenvalue weighted by molar-refractivity contribution is 6.42. The minimum absolute atomic E-state index is 0.225. The lowest BCUT2D eigenvalue weighted by atomic mass is 10.0. The zero-order chi connectivity index (χ0) is 13.1. The van der Waals surface area contributed by atoms with Crippen molar-refractivity contribution in [2.45, 2.75) is 6.04 Å². The Morgan fingerprint density at radius 3 is 2.61 bits per heavy atom. The van der Waals surface area contributed by atoms with Gasteiger partial charge in [0.05, 0.1) is 28.0 Å². The average molecular weight is 285 g/mol. The Morgan fingerprint density at radius 1 is 1.22 bits per heavy atom. The van der Waals surface area contributed by atoms with E-state index >= 15 is 0 Å².